The summed E-state index contributed by atoms with van der Waals surface area (Å²) in [6.45, 7) is 10.5. The molecule has 2 amide bonds. The molecular weight excluding hydrogens is 356 g/mol. The number of carbonyl (C=O) groups is 2. The van der Waals surface area contributed by atoms with E-state index in [1.165, 1.54) is 0 Å². The Morgan fingerprint density at radius 3 is 2.39 bits per heavy atom. The van der Waals surface area contributed by atoms with Crippen molar-refractivity contribution in [1.29, 1.82) is 0 Å². The topological polar surface area (TPSA) is 67.9 Å². The van der Waals surface area contributed by atoms with Crippen LogP contribution in [0.2, 0.25) is 0 Å². The van der Waals surface area contributed by atoms with Crippen molar-refractivity contribution in [3.8, 4) is 0 Å². The molecule has 1 aliphatic rings. The third-order valence-corrected chi connectivity index (χ3v) is 4.69. The Bertz CT molecular complexity index is 646. The minimum Gasteiger partial charge on any atom is -0.444 e. The summed E-state index contributed by atoms with van der Waals surface area (Å²) in [4.78, 5) is 26.4. The summed E-state index contributed by atoms with van der Waals surface area (Å²) >= 11 is 0. The second-order valence-corrected chi connectivity index (χ2v) is 8.28. The van der Waals surface area contributed by atoms with E-state index in [2.05, 4.69) is 12.2 Å². The lowest BCUT2D eigenvalue weighted by molar-refractivity contribution is -0.126. The maximum absolute atomic E-state index is 12.6. The van der Waals surface area contributed by atoms with Gasteiger partial charge in [0.05, 0.1) is 6.61 Å². The molecule has 0 unspecified atom stereocenters. The van der Waals surface area contributed by atoms with Crippen molar-refractivity contribution in [2.24, 2.45) is 5.92 Å². The highest BCUT2D eigenvalue weighted by Crippen LogP contribution is 2.20. The zero-order valence-electron chi connectivity index (χ0n) is 17.6. The Hall–Kier alpha value is -2.08. The van der Waals surface area contributed by atoms with E-state index >= 15 is 0 Å². The molecule has 0 aromatic heterocycles. The maximum Gasteiger partial charge on any atom is 0.410 e. The van der Waals surface area contributed by atoms with Crippen molar-refractivity contribution in [2.75, 3.05) is 19.7 Å². The number of nitrogens with one attached hydrogen (secondary N) is 1. The van der Waals surface area contributed by atoms with Crippen LogP contribution in [0.5, 0.6) is 0 Å². The van der Waals surface area contributed by atoms with E-state index in [0.29, 0.717) is 39.1 Å². The SMILES string of the molecule is CCCOCc1ccccc1CNC(=O)C1CCN(C(=O)OC(C)(C)C)CC1. The van der Waals surface area contributed by atoms with E-state index in [0.717, 1.165) is 24.2 Å². The fourth-order valence-electron chi connectivity index (χ4n) is 3.17. The summed E-state index contributed by atoms with van der Waals surface area (Å²) in [6.07, 6.45) is 2.01. The summed E-state index contributed by atoms with van der Waals surface area (Å²) in [5.41, 5.74) is 1.69. The predicted molar refractivity (Wildman–Crippen MR) is 109 cm³/mol. The van der Waals surface area contributed by atoms with Crippen LogP contribution in [0.1, 0.15) is 58.1 Å². The molecule has 0 radical (unpaired) electrons. The molecule has 6 heteroatoms. The van der Waals surface area contributed by atoms with Crippen LogP contribution >= 0.6 is 0 Å². The number of likely N-dealkylation sites (tertiary alicyclic amines) is 1. The molecule has 0 aliphatic carbocycles. The van der Waals surface area contributed by atoms with E-state index in [9.17, 15) is 9.59 Å². The molecule has 0 bridgehead atoms. The standard InChI is InChI=1S/C22H34N2O4/c1-5-14-27-16-19-9-7-6-8-18(19)15-23-20(25)17-10-12-24(13-11-17)21(26)28-22(2,3)4/h6-9,17H,5,10-16H2,1-4H3,(H,23,25). The fraction of sp³-hybridized carbons (Fsp3) is 0.636. The minimum atomic E-state index is -0.500. The minimum absolute atomic E-state index is 0.0492. The van der Waals surface area contributed by atoms with E-state index in [4.69, 9.17) is 9.47 Å². The molecule has 0 spiro atoms. The lowest BCUT2D eigenvalue weighted by atomic mass is 9.96. The van der Waals surface area contributed by atoms with Gasteiger partial charge in [-0.25, -0.2) is 4.79 Å². The first-order chi connectivity index (χ1) is 13.3. The van der Waals surface area contributed by atoms with Crippen molar-refractivity contribution < 1.29 is 19.1 Å². The molecule has 1 saturated heterocycles. The van der Waals surface area contributed by atoms with Gasteiger partial charge in [-0.05, 0) is 51.2 Å². The van der Waals surface area contributed by atoms with Crippen LogP contribution in [0, 0.1) is 5.92 Å². The normalized spacial score (nSPS) is 15.4. The number of piperidine rings is 1. The van der Waals surface area contributed by atoms with Crippen molar-refractivity contribution >= 4 is 12.0 Å². The number of benzene rings is 1. The second-order valence-electron chi connectivity index (χ2n) is 8.28. The molecule has 0 saturated carbocycles. The fourth-order valence-corrected chi connectivity index (χ4v) is 3.17. The van der Waals surface area contributed by atoms with Crippen LogP contribution in [-0.2, 0) is 27.4 Å². The second kappa shape index (κ2) is 10.5. The van der Waals surface area contributed by atoms with Gasteiger partial charge in [0.25, 0.3) is 0 Å². The van der Waals surface area contributed by atoms with Crippen LogP contribution in [0.3, 0.4) is 0 Å². The Morgan fingerprint density at radius 2 is 1.79 bits per heavy atom. The molecule has 156 valence electrons. The molecule has 28 heavy (non-hydrogen) atoms. The van der Waals surface area contributed by atoms with Crippen molar-refractivity contribution in [3.63, 3.8) is 0 Å². The molecule has 6 nitrogen and oxygen atoms in total. The summed E-state index contributed by atoms with van der Waals surface area (Å²) in [6, 6.07) is 8.03. The smallest absolute Gasteiger partial charge is 0.410 e. The van der Waals surface area contributed by atoms with Gasteiger partial charge in [0.1, 0.15) is 5.60 Å². The first-order valence-corrected chi connectivity index (χ1v) is 10.2. The zero-order chi connectivity index (χ0) is 20.6. The van der Waals surface area contributed by atoms with Gasteiger partial charge in [-0.2, -0.15) is 0 Å². The van der Waals surface area contributed by atoms with Crippen LogP contribution in [0.25, 0.3) is 0 Å². The number of ether oxygens (including phenoxy) is 2. The average molecular weight is 391 g/mol. The lowest BCUT2D eigenvalue weighted by Crippen LogP contribution is -2.44. The summed E-state index contributed by atoms with van der Waals surface area (Å²) in [5, 5.41) is 3.05. The lowest BCUT2D eigenvalue weighted by Gasteiger charge is -2.33. The van der Waals surface area contributed by atoms with Gasteiger partial charge >= 0.3 is 6.09 Å². The van der Waals surface area contributed by atoms with Crippen LogP contribution in [-0.4, -0.2) is 42.2 Å². The van der Waals surface area contributed by atoms with Crippen LogP contribution < -0.4 is 5.32 Å². The largest absolute Gasteiger partial charge is 0.444 e. The molecule has 1 N–H and O–H groups in total. The van der Waals surface area contributed by atoms with Gasteiger partial charge in [-0.1, -0.05) is 31.2 Å². The highest BCUT2D eigenvalue weighted by molar-refractivity contribution is 5.79. The monoisotopic (exact) mass is 390 g/mol. The van der Waals surface area contributed by atoms with E-state index in [1.54, 1.807) is 4.90 Å². The molecule has 0 atom stereocenters. The van der Waals surface area contributed by atoms with Crippen molar-refractivity contribution in [2.45, 2.75) is 65.7 Å². The Labute approximate surface area is 168 Å². The predicted octanol–water partition coefficient (Wildman–Crippen LogP) is 3.88. The van der Waals surface area contributed by atoms with Gasteiger partial charge in [-0.15, -0.1) is 0 Å². The summed E-state index contributed by atoms with van der Waals surface area (Å²) < 4.78 is 11.0. The number of amides is 2. The zero-order valence-corrected chi connectivity index (χ0v) is 17.6. The summed E-state index contributed by atoms with van der Waals surface area (Å²) in [5.74, 6) is -0.0182. The first-order valence-electron chi connectivity index (χ1n) is 10.2. The third kappa shape index (κ3) is 7.15. The molecule has 2 rings (SSSR count). The van der Waals surface area contributed by atoms with Gasteiger partial charge in [0.15, 0.2) is 0 Å². The van der Waals surface area contributed by atoms with E-state index in [-0.39, 0.29) is 17.9 Å². The van der Waals surface area contributed by atoms with E-state index < -0.39 is 5.60 Å². The van der Waals surface area contributed by atoms with Crippen molar-refractivity contribution in [3.05, 3.63) is 35.4 Å². The highest BCUT2D eigenvalue weighted by atomic mass is 16.6. The Kier molecular flexibility index (Phi) is 8.30. The van der Waals surface area contributed by atoms with Crippen molar-refractivity contribution in [1.82, 2.24) is 10.2 Å². The molecule has 1 aromatic rings. The molecule has 1 heterocycles. The Balaban J connectivity index is 1.80. The molecular formula is C22H34N2O4. The van der Waals surface area contributed by atoms with Crippen LogP contribution in [0.4, 0.5) is 4.79 Å². The number of hydrogen-bond donors (Lipinski definition) is 1. The molecule has 1 fully saturated rings. The molecule has 1 aliphatic heterocycles. The van der Waals surface area contributed by atoms with Gasteiger partial charge < -0.3 is 19.7 Å². The maximum atomic E-state index is 12.6. The number of hydrogen-bond acceptors (Lipinski definition) is 4. The quantitative estimate of drug-likeness (QED) is 0.718. The number of rotatable bonds is 7. The van der Waals surface area contributed by atoms with Gasteiger partial charge in [-0.3, -0.25) is 4.79 Å². The highest BCUT2D eigenvalue weighted by Gasteiger charge is 2.29. The average Bonchev–Trinajstić information content (AvgIpc) is 2.66. The molecule has 1 aromatic carbocycles. The van der Waals surface area contributed by atoms with Gasteiger partial charge in [0, 0.05) is 32.2 Å². The first kappa shape index (κ1) is 22.2. The van der Waals surface area contributed by atoms with Gasteiger partial charge in [0.2, 0.25) is 5.91 Å². The summed E-state index contributed by atoms with van der Waals surface area (Å²) in [7, 11) is 0. The Morgan fingerprint density at radius 1 is 1.14 bits per heavy atom. The number of carbonyl (C=O) groups excluding carboxylic acids is 2. The third-order valence-electron chi connectivity index (χ3n) is 4.69. The van der Waals surface area contributed by atoms with Crippen LogP contribution in [0.15, 0.2) is 24.3 Å². The number of nitrogens with zero attached hydrogens (tertiary/aromatic N) is 1. The van der Waals surface area contributed by atoms with E-state index in [1.807, 2.05) is 45.0 Å².